The molecular formula is C36H36BF2IN4O8. The molecule has 12 nitrogen and oxygen atoms in total. The van der Waals surface area contributed by atoms with E-state index in [4.69, 9.17) is 23.5 Å². The van der Waals surface area contributed by atoms with Crippen LogP contribution in [-0.4, -0.2) is 81.7 Å². The predicted octanol–water partition coefficient (Wildman–Crippen LogP) is 6.56. The van der Waals surface area contributed by atoms with Crippen molar-refractivity contribution in [3.8, 4) is 22.9 Å². The number of esters is 2. The Morgan fingerprint density at radius 1 is 0.712 bits per heavy atom. The fourth-order valence-corrected chi connectivity index (χ4v) is 6.04. The number of benzene rings is 2. The lowest BCUT2D eigenvalue weighted by Gasteiger charge is -2.10. The molecule has 6 rings (SSSR count). The summed E-state index contributed by atoms with van der Waals surface area (Å²) < 4.78 is 57.9. The first-order valence-corrected chi connectivity index (χ1v) is 16.5. The summed E-state index contributed by atoms with van der Waals surface area (Å²) in [5.41, 5.74) is 4.75. The summed E-state index contributed by atoms with van der Waals surface area (Å²) in [6.45, 7) is 3.36. The van der Waals surface area contributed by atoms with Crippen LogP contribution in [0, 0.1) is 29.1 Å². The van der Waals surface area contributed by atoms with Gasteiger partial charge in [0.2, 0.25) is 11.8 Å². The summed E-state index contributed by atoms with van der Waals surface area (Å²) >= 11 is 2.05. The number of carbonyl (C=O) groups is 2. The predicted molar refractivity (Wildman–Crippen MR) is 201 cm³/mol. The zero-order valence-electron chi connectivity index (χ0n) is 29.6. The van der Waals surface area contributed by atoms with Crippen molar-refractivity contribution in [3.05, 3.63) is 98.6 Å². The van der Waals surface area contributed by atoms with Crippen molar-refractivity contribution in [1.29, 1.82) is 0 Å². The molecule has 2 aromatic carbocycles. The van der Waals surface area contributed by atoms with Gasteiger partial charge in [-0.2, -0.15) is 0 Å². The third-order valence-electron chi connectivity index (χ3n) is 7.78. The van der Waals surface area contributed by atoms with Crippen molar-refractivity contribution < 1.29 is 46.6 Å². The van der Waals surface area contributed by atoms with Crippen LogP contribution < -0.4 is 14.9 Å². The number of halogens is 3. The Kier molecular flexibility index (Phi) is 13.7. The van der Waals surface area contributed by atoms with Crippen molar-refractivity contribution >= 4 is 68.9 Å². The smallest absolute Gasteiger partial charge is 0.481 e. The Balaban J connectivity index is 0.000000183. The van der Waals surface area contributed by atoms with Crippen LogP contribution in [0.15, 0.2) is 60.9 Å². The van der Waals surface area contributed by atoms with E-state index in [1.54, 1.807) is 71.8 Å². The number of fused-ring (bicyclic) bond motifs is 2. The van der Waals surface area contributed by atoms with Crippen LogP contribution in [0.25, 0.3) is 32.9 Å². The largest absolute Gasteiger partial charge is 0.499 e. The lowest BCUT2D eigenvalue weighted by molar-refractivity contribution is 0.0586. The zero-order chi connectivity index (χ0) is 38.1. The first kappa shape index (κ1) is 39.7. The van der Waals surface area contributed by atoms with Gasteiger partial charge in [0, 0.05) is 59.5 Å². The molecule has 16 heteroatoms. The summed E-state index contributed by atoms with van der Waals surface area (Å²) in [4.78, 5) is 37.6. The minimum atomic E-state index is -0.542. The monoisotopic (exact) mass is 828 g/mol. The molecule has 0 unspecified atom stereocenters. The molecule has 0 saturated heterocycles. The van der Waals surface area contributed by atoms with Crippen LogP contribution in [-0.2, 0) is 18.8 Å². The Morgan fingerprint density at radius 3 is 1.77 bits per heavy atom. The highest BCUT2D eigenvalue weighted by Gasteiger charge is 2.24. The van der Waals surface area contributed by atoms with Gasteiger partial charge in [-0.25, -0.2) is 28.3 Å². The first-order valence-electron chi connectivity index (χ1n) is 15.4. The maximum absolute atomic E-state index is 13.8. The number of aromatic nitrogens is 4. The number of rotatable bonds is 8. The minimum Gasteiger partial charge on any atom is -0.481 e. The molecule has 0 fully saturated rings. The standard InChI is InChI=1S/C17H15FN2O3.C11H9FINO2.C8H12BNO3/c1-9-7-11-13(8-12(9)18)20-15(17(21)23-3)14(11)10-5-4-6-19-16(10)22-2;1-5-3-6-8(4-7(5)12)14-10(9(6)13)11(15)16-2;1-11-8-7(5-4-6-10-8)9(12-2)13-3/h4-8,20H,1-3H3;3-4,14H,1-2H3;4-6H,1-3H3. The van der Waals surface area contributed by atoms with E-state index in [0.717, 1.165) is 14.4 Å². The normalized spacial score (nSPS) is 10.5. The Hall–Kier alpha value is -5.07. The molecule has 0 saturated carbocycles. The highest BCUT2D eigenvalue weighted by molar-refractivity contribution is 14.1. The number of aromatic amines is 2. The molecule has 0 amide bonds. The number of ether oxygens (including phenoxy) is 4. The number of nitrogens with zero attached hydrogens (tertiary/aromatic N) is 2. The highest BCUT2D eigenvalue weighted by atomic mass is 127. The van der Waals surface area contributed by atoms with E-state index in [2.05, 4.69) is 24.7 Å². The topological polar surface area (TPSA) is 147 Å². The van der Waals surface area contributed by atoms with Gasteiger partial charge in [0.05, 0.1) is 37.5 Å². The number of H-pyrrole nitrogens is 2. The van der Waals surface area contributed by atoms with Gasteiger partial charge in [-0.15, -0.1) is 0 Å². The molecule has 2 N–H and O–H groups in total. The molecule has 0 aliphatic rings. The third-order valence-corrected chi connectivity index (χ3v) is 8.90. The summed E-state index contributed by atoms with van der Waals surface area (Å²) in [6.07, 6.45) is 3.25. The van der Waals surface area contributed by atoms with Gasteiger partial charge in [-0.3, -0.25) is 0 Å². The van der Waals surface area contributed by atoms with Gasteiger partial charge in [0.25, 0.3) is 0 Å². The number of hydrogen-bond donors (Lipinski definition) is 2. The van der Waals surface area contributed by atoms with Gasteiger partial charge in [0.15, 0.2) is 0 Å². The lowest BCUT2D eigenvalue weighted by Crippen LogP contribution is -2.36. The average Bonchev–Trinajstić information content (AvgIpc) is 3.68. The highest BCUT2D eigenvalue weighted by Crippen LogP contribution is 2.38. The molecule has 4 heterocycles. The maximum Gasteiger partial charge on any atom is 0.499 e. The molecule has 0 aliphatic carbocycles. The maximum atomic E-state index is 13.8. The molecule has 4 aromatic heterocycles. The molecule has 6 aromatic rings. The molecule has 0 spiro atoms. The Labute approximate surface area is 312 Å². The fourth-order valence-electron chi connectivity index (χ4n) is 5.24. The minimum absolute atomic E-state index is 0.235. The summed E-state index contributed by atoms with van der Waals surface area (Å²) in [6, 6.07) is 13.4. The first-order chi connectivity index (χ1) is 24.9. The summed E-state index contributed by atoms with van der Waals surface area (Å²) in [5.74, 6) is -0.725. The van der Waals surface area contributed by atoms with Gasteiger partial charge in [-0.05, 0) is 90.0 Å². The number of aryl methyl sites for hydroxylation is 2. The second-order valence-electron chi connectivity index (χ2n) is 10.9. The van der Waals surface area contributed by atoms with Crippen molar-refractivity contribution in [2.24, 2.45) is 0 Å². The molecule has 0 radical (unpaired) electrons. The van der Waals surface area contributed by atoms with E-state index in [0.29, 0.717) is 56.1 Å². The SMILES string of the molecule is COB(OC)c1cccnc1OC.COC(=O)c1[nH]c2cc(F)c(C)cc2c1-c1cccnc1OC.COC(=O)c1[nH]c2cc(F)c(C)cc2c1I. The second kappa shape index (κ2) is 17.9. The van der Waals surface area contributed by atoms with E-state index in [9.17, 15) is 18.4 Å². The van der Waals surface area contributed by atoms with Crippen LogP contribution in [0.3, 0.4) is 0 Å². The Bertz CT molecular complexity index is 2210. The molecule has 0 aliphatic heterocycles. The summed E-state index contributed by atoms with van der Waals surface area (Å²) in [7, 11) is 8.39. The van der Waals surface area contributed by atoms with Gasteiger partial charge in [-0.1, -0.05) is 6.07 Å². The third kappa shape index (κ3) is 8.51. The molecule has 0 atom stereocenters. The van der Waals surface area contributed by atoms with Crippen LogP contribution in [0.4, 0.5) is 8.78 Å². The number of pyridine rings is 2. The molecule has 52 heavy (non-hydrogen) atoms. The van der Waals surface area contributed by atoms with Gasteiger partial charge >= 0.3 is 19.1 Å². The van der Waals surface area contributed by atoms with Crippen LogP contribution >= 0.6 is 22.6 Å². The molecular weight excluding hydrogens is 792 g/mol. The number of carbonyl (C=O) groups excluding carboxylic acids is 2. The average molecular weight is 828 g/mol. The summed E-state index contributed by atoms with van der Waals surface area (Å²) in [5, 5.41) is 1.54. The van der Waals surface area contributed by atoms with Gasteiger partial charge in [0.1, 0.15) is 23.0 Å². The van der Waals surface area contributed by atoms with Crippen molar-refractivity contribution in [2.75, 3.05) is 42.7 Å². The van der Waals surface area contributed by atoms with Crippen molar-refractivity contribution in [1.82, 2.24) is 19.9 Å². The lowest BCUT2D eigenvalue weighted by atomic mass is 9.80. The van der Waals surface area contributed by atoms with E-state index in [-0.39, 0.29) is 17.3 Å². The fraction of sp³-hybridized carbons (Fsp3) is 0.222. The molecule has 272 valence electrons. The van der Waals surface area contributed by atoms with Crippen molar-refractivity contribution in [2.45, 2.75) is 13.8 Å². The van der Waals surface area contributed by atoms with E-state index in [1.807, 2.05) is 34.7 Å². The number of hydrogen-bond acceptors (Lipinski definition) is 10. The zero-order valence-corrected chi connectivity index (χ0v) is 31.8. The van der Waals surface area contributed by atoms with Crippen LogP contribution in [0.5, 0.6) is 11.8 Å². The van der Waals surface area contributed by atoms with Crippen LogP contribution in [0.2, 0.25) is 0 Å². The van der Waals surface area contributed by atoms with E-state index < -0.39 is 19.1 Å². The van der Waals surface area contributed by atoms with E-state index >= 15 is 0 Å². The Morgan fingerprint density at radius 2 is 1.21 bits per heavy atom. The van der Waals surface area contributed by atoms with Crippen molar-refractivity contribution in [3.63, 3.8) is 0 Å². The van der Waals surface area contributed by atoms with Gasteiger partial charge < -0.3 is 38.2 Å². The second-order valence-corrected chi connectivity index (χ2v) is 12.0. The quantitative estimate of drug-likeness (QED) is 0.0984. The molecule has 0 bridgehead atoms. The van der Waals surface area contributed by atoms with E-state index in [1.165, 1.54) is 33.5 Å². The van der Waals surface area contributed by atoms with Crippen LogP contribution in [0.1, 0.15) is 32.1 Å². The number of nitrogens with one attached hydrogen (secondary N) is 2. The number of methoxy groups -OCH3 is 4.